The Balaban J connectivity index is 2.36. The fourth-order valence-electron chi connectivity index (χ4n) is 3.40. The maximum atomic E-state index is 12.5. The van der Waals surface area contributed by atoms with Crippen LogP contribution >= 0.6 is 0 Å². The van der Waals surface area contributed by atoms with E-state index in [1.807, 2.05) is 6.92 Å². The molecule has 1 aliphatic carbocycles. The SMILES string of the molecule is C=C(C)[C@@H]1C/C=C2\C(=O)O[C@H](C/C(C)=C\C(=O)[C@@H](OCC)CC(=O)C1)[C@H]2O. The second-order valence-electron chi connectivity index (χ2n) is 7.32. The Morgan fingerprint density at radius 3 is 2.63 bits per heavy atom. The molecule has 2 bridgehead atoms. The minimum Gasteiger partial charge on any atom is -0.455 e. The van der Waals surface area contributed by atoms with E-state index in [9.17, 15) is 19.5 Å². The fraction of sp³-hybridized carbons (Fsp3) is 0.571. The standard InChI is InChI=1S/C21H28O6/c1-5-26-18-11-15(22)10-14(12(2)3)6-7-16-20(24)19(27-21(16)25)9-13(4)8-17(18)23/h7-8,14,18-20,24H,2,5-6,9-11H2,1,3-4H3/b13-8-,16-7-/t14-,18+,19-,20+/m1/s1. The number of aliphatic hydroxyl groups excluding tert-OH is 1. The molecule has 2 rings (SSSR count). The molecule has 0 radical (unpaired) electrons. The van der Waals surface area contributed by atoms with Crippen molar-refractivity contribution in [3.63, 3.8) is 0 Å². The van der Waals surface area contributed by atoms with Gasteiger partial charge in [0.15, 0.2) is 5.78 Å². The maximum Gasteiger partial charge on any atom is 0.336 e. The van der Waals surface area contributed by atoms with E-state index in [0.29, 0.717) is 18.6 Å². The molecule has 0 amide bonds. The van der Waals surface area contributed by atoms with Crippen LogP contribution in [0.4, 0.5) is 0 Å². The second kappa shape index (κ2) is 9.24. The molecule has 0 unspecified atom stereocenters. The van der Waals surface area contributed by atoms with Gasteiger partial charge in [-0.1, -0.05) is 23.8 Å². The molecule has 0 aromatic carbocycles. The predicted molar refractivity (Wildman–Crippen MR) is 99.9 cm³/mol. The molecule has 1 aliphatic heterocycles. The number of allylic oxidation sites excluding steroid dienone is 2. The molecule has 4 atom stereocenters. The predicted octanol–water partition coefficient (Wildman–Crippen LogP) is 2.46. The molecule has 2 aliphatic rings. The third kappa shape index (κ3) is 5.47. The van der Waals surface area contributed by atoms with E-state index in [2.05, 4.69) is 6.58 Å². The topological polar surface area (TPSA) is 89.9 Å². The Labute approximate surface area is 159 Å². The van der Waals surface area contributed by atoms with Crippen LogP contribution in [0.2, 0.25) is 0 Å². The molecule has 0 aromatic rings. The number of ketones is 2. The molecule has 27 heavy (non-hydrogen) atoms. The van der Waals surface area contributed by atoms with Crippen molar-refractivity contribution < 1.29 is 29.0 Å². The number of hydrogen-bond donors (Lipinski definition) is 1. The van der Waals surface area contributed by atoms with Crippen LogP contribution in [0.3, 0.4) is 0 Å². The van der Waals surface area contributed by atoms with Gasteiger partial charge in [-0.2, -0.15) is 0 Å². The molecular weight excluding hydrogens is 348 g/mol. The minimum absolute atomic E-state index is 0.0122. The van der Waals surface area contributed by atoms with Gasteiger partial charge >= 0.3 is 5.97 Å². The highest BCUT2D eigenvalue weighted by molar-refractivity contribution is 5.97. The minimum atomic E-state index is -1.05. The first-order valence-corrected chi connectivity index (χ1v) is 9.31. The smallest absolute Gasteiger partial charge is 0.336 e. The van der Waals surface area contributed by atoms with Crippen LogP contribution in [0.15, 0.2) is 35.5 Å². The zero-order valence-electron chi connectivity index (χ0n) is 16.2. The number of fused-ring (bicyclic) bond motifs is 2. The van der Waals surface area contributed by atoms with E-state index in [1.165, 1.54) is 6.08 Å². The number of carbonyl (C=O) groups is 3. The third-order valence-electron chi connectivity index (χ3n) is 4.97. The van der Waals surface area contributed by atoms with E-state index in [4.69, 9.17) is 9.47 Å². The van der Waals surface area contributed by atoms with Crippen molar-refractivity contribution in [2.45, 2.75) is 64.8 Å². The highest BCUT2D eigenvalue weighted by atomic mass is 16.6. The van der Waals surface area contributed by atoms with Gasteiger partial charge in [-0.3, -0.25) is 9.59 Å². The molecule has 6 nitrogen and oxygen atoms in total. The summed E-state index contributed by atoms with van der Waals surface area (Å²) in [5, 5.41) is 10.4. The van der Waals surface area contributed by atoms with Crippen LogP contribution in [-0.4, -0.2) is 47.6 Å². The first-order chi connectivity index (χ1) is 12.7. The second-order valence-corrected chi connectivity index (χ2v) is 7.32. The Kier molecular flexibility index (Phi) is 7.27. The first-order valence-electron chi connectivity index (χ1n) is 9.31. The Morgan fingerprint density at radius 1 is 1.30 bits per heavy atom. The lowest BCUT2D eigenvalue weighted by atomic mass is 9.88. The summed E-state index contributed by atoms with van der Waals surface area (Å²) in [6.45, 7) is 9.58. The Bertz CT molecular complexity index is 687. The lowest BCUT2D eigenvalue weighted by Crippen LogP contribution is -2.28. The van der Waals surface area contributed by atoms with Gasteiger partial charge in [-0.15, -0.1) is 0 Å². The molecule has 1 saturated heterocycles. The lowest BCUT2D eigenvalue weighted by molar-refractivity contribution is -0.139. The highest BCUT2D eigenvalue weighted by Gasteiger charge is 2.38. The van der Waals surface area contributed by atoms with Crippen molar-refractivity contribution >= 4 is 17.5 Å². The number of carbonyl (C=O) groups excluding carboxylic acids is 3. The number of Topliss-reactive ketones (excluding diaryl/α,β-unsaturated/α-hetero) is 1. The van der Waals surface area contributed by atoms with E-state index in [0.717, 1.165) is 5.57 Å². The van der Waals surface area contributed by atoms with Gasteiger partial charge in [0.05, 0.1) is 5.57 Å². The molecule has 148 valence electrons. The monoisotopic (exact) mass is 376 g/mol. The van der Waals surface area contributed by atoms with Gasteiger partial charge < -0.3 is 14.6 Å². The summed E-state index contributed by atoms with van der Waals surface area (Å²) in [5.41, 5.74) is 1.67. The molecular formula is C21H28O6. The summed E-state index contributed by atoms with van der Waals surface area (Å²) in [6, 6.07) is 0. The van der Waals surface area contributed by atoms with Gasteiger partial charge in [0, 0.05) is 25.9 Å². The van der Waals surface area contributed by atoms with Gasteiger partial charge in [0.25, 0.3) is 0 Å². The summed E-state index contributed by atoms with van der Waals surface area (Å²) in [5.74, 6) is -1.12. The van der Waals surface area contributed by atoms with Gasteiger partial charge in [-0.05, 0) is 39.2 Å². The van der Waals surface area contributed by atoms with Crippen LogP contribution < -0.4 is 0 Å². The van der Waals surface area contributed by atoms with Crippen molar-refractivity contribution in [1.82, 2.24) is 0 Å². The van der Waals surface area contributed by atoms with Crippen molar-refractivity contribution in [3.8, 4) is 0 Å². The quantitative estimate of drug-likeness (QED) is 0.601. The Hall–Kier alpha value is -2.05. The maximum absolute atomic E-state index is 12.5. The average Bonchev–Trinajstić information content (AvgIpc) is 2.83. The first kappa shape index (κ1) is 21.3. The fourth-order valence-corrected chi connectivity index (χ4v) is 3.40. The van der Waals surface area contributed by atoms with Crippen molar-refractivity contribution in [2.75, 3.05) is 6.61 Å². The normalized spacial score (nSPS) is 34.1. The molecule has 1 heterocycles. The number of aliphatic hydroxyl groups is 1. The summed E-state index contributed by atoms with van der Waals surface area (Å²) >= 11 is 0. The van der Waals surface area contributed by atoms with Gasteiger partial charge in [-0.25, -0.2) is 4.79 Å². The number of rotatable bonds is 3. The molecule has 0 aromatic heterocycles. The average molecular weight is 376 g/mol. The van der Waals surface area contributed by atoms with E-state index in [1.54, 1.807) is 19.9 Å². The van der Waals surface area contributed by atoms with Crippen LogP contribution in [0.1, 0.15) is 46.5 Å². The molecule has 0 spiro atoms. The van der Waals surface area contributed by atoms with Crippen molar-refractivity contribution in [1.29, 1.82) is 0 Å². The largest absolute Gasteiger partial charge is 0.455 e. The van der Waals surface area contributed by atoms with E-state index in [-0.39, 0.29) is 42.3 Å². The lowest BCUT2D eigenvalue weighted by Gasteiger charge is -2.19. The van der Waals surface area contributed by atoms with Crippen LogP contribution in [0.5, 0.6) is 0 Å². The van der Waals surface area contributed by atoms with Crippen molar-refractivity contribution in [3.05, 3.63) is 35.5 Å². The summed E-state index contributed by atoms with van der Waals surface area (Å²) < 4.78 is 10.8. The van der Waals surface area contributed by atoms with E-state index >= 15 is 0 Å². The van der Waals surface area contributed by atoms with Crippen LogP contribution in [0, 0.1) is 5.92 Å². The molecule has 0 saturated carbocycles. The highest BCUT2D eigenvalue weighted by Crippen LogP contribution is 2.29. The Morgan fingerprint density at radius 2 is 2.00 bits per heavy atom. The van der Waals surface area contributed by atoms with Crippen LogP contribution in [-0.2, 0) is 23.9 Å². The third-order valence-corrected chi connectivity index (χ3v) is 4.97. The number of hydrogen-bond acceptors (Lipinski definition) is 6. The summed E-state index contributed by atoms with van der Waals surface area (Å²) in [7, 11) is 0. The van der Waals surface area contributed by atoms with Crippen molar-refractivity contribution in [2.24, 2.45) is 5.92 Å². The zero-order chi connectivity index (χ0) is 20.1. The molecule has 1 fully saturated rings. The van der Waals surface area contributed by atoms with Gasteiger partial charge in [0.1, 0.15) is 24.1 Å². The number of ether oxygens (including phenoxy) is 2. The van der Waals surface area contributed by atoms with Gasteiger partial charge in [0.2, 0.25) is 0 Å². The number of esters is 1. The summed E-state index contributed by atoms with van der Waals surface area (Å²) in [4.78, 5) is 37.2. The van der Waals surface area contributed by atoms with E-state index < -0.39 is 24.3 Å². The summed E-state index contributed by atoms with van der Waals surface area (Å²) in [6.07, 6.45) is 1.32. The zero-order valence-corrected chi connectivity index (χ0v) is 16.2. The van der Waals surface area contributed by atoms with Crippen LogP contribution in [0.25, 0.3) is 0 Å². The molecule has 1 N–H and O–H groups in total. The molecule has 6 heteroatoms.